The van der Waals surface area contributed by atoms with Crippen molar-refractivity contribution >= 4 is 23.2 Å². The third kappa shape index (κ3) is 3.52. The molecule has 2 amide bonds. The highest BCUT2D eigenvalue weighted by Gasteiger charge is 2.24. The minimum atomic E-state index is -0.404. The van der Waals surface area contributed by atoms with Crippen LogP contribution in [0, 0.1) is 0 Å². The topological polar surface area (TPSA) is 93.5 Å². The van der Waals surface area contributed by atoms with Gasteiger partial charge < -0.3 is 21.1 Å². The Balaban J connectivity index is 2.06. The number of rotatable bonds is 4. The second-order valence-corrected chi connectivity index (χ2v) is 4.29. The molecule has 0 bridgehead atoms. The summed E-state index contributed by atoms with van der Waals surface area (Å²) in [4.78, 5) is 23.3. The number of anilines is 2. The van der Waals surface area contributed by atoms with E-state index >= 15 is 0 Å². The molecule has 102 valence electrons. The molecule has 1 aliphatic heterocycles. The first-order valence-electron chi connectivity index (χ1n) is 6.22. The highest BCUT2D eigenvalue weighted by molar-refractivity contribution is 6.01. The van der Waals surface area contributed by atoms with E-state index in [-0.39, 0.29) is 18.4 Å². The molecule has 1 aliphatic rings. The van der Waals surface area contributed by atoms with Gasteiger partial charge in [-0.05, 0) is 25.0 Å². The summed E-state index contributed by atoms with van der Waals surface area (Å²) in [6.45, 7) is 0.512. The fraction of sp³-hybridized carbons (Fsp3) is 0.385. The quantitative estimate of drug-likeness (QED) is 0.745. The van der Waals surface area contributed by atoms with Crippen LogP contribution >= 0.6 is 0 Å². The SMILES string of the molecule is NCC(=O)Nc1ccccc1NC(=O)C1CCCO1. The molecule has 0 aliphatic carbocycles. The van der Waals surface area contributed by atoms with Crippen molar-refractivity contribution in [3.05, 3.63) is 24.3 Å². The van der Waals surface area contributed by atoms with Gasteiger partial charge in [0.2, 0.25) is 5.91 Å². The van der Waals surface area contributed by atoms with E-state index in [0.29, 0.717) is 18.0 Å². The first kappa shape index (κ1) is 13.5. The summed E-state index contributed by atoms with van der Waals surface area (Å²) in [6, 6.07) is 6.98. The van der Waals surface area contributed by atoms with E-state index in [4.69, 9.17) is 10.5 Å². The van der Waals surface area contributed by atoms with Crippen molar-refractivity contribution < 1.29 is 14.3 Å². The van der Waals surface area contributed by atoms with Gasteiger partial charge in [0.25, 0.3) is 5.91 Å². The van der Waals surface area contributed by atoms with Crippen molar-refractivity contribution in [1.29, 1.82) is 0 Å². The van der Waals surface area contributed by atoms with Crippen LogP contribution in [0.5, 0.6) is 0 Å². The van der Waals surface area contributed by atoms with Gasteiger partial charge in [-0.3, -0.25) is 9.59 Å². The van der Waals surface area contributed by atoms with E-state index in [1.54, 1.807) is 24.3 Å². The largest absolute Gasteiger partial charge is 0.368 e. The Kier molecular flexibility index (Phi) is 4.48. The monoisotopic (exact) mass is 263 g/mol. The molecule has 1 unspecified atom stereocenters. The molecule has 1 atom stereocenters. The fourth-order valence-corrected chi connectivity index (χ4v) is 1.90. The van der Waals surface area contributed by atoms with E-state index in [0.717, 1.165) is 12.8 Å². The molecule has 0 spiro atoms. The van der Waals surface area contributed by atoms with Gasteiger partial charge in [-0.25, -0.2) is 0 Å². The Bertz CT molecular complexity index is 470. The summed E-state index contributed by atoms with van der Waals surface area (Å²) in [5.74, 6) is -0.495. The molecule has 1 fully saturated rings. The molecule has 0 aromatic heterocycles. The Morgan fingerprint density at radius 2 is 1.95 bits per heavy atom. The van der Waals surface area contributed by atoms with Crippen molar-refractivity contribution in [2.75, 3.05) is 23.8 Å². The van der Waals surface area contributed by atoms with E-state index in [1.165, 1.54) is 0 Å². The van der Waals surface area contributed by atoms with Crippen LogP contribution < -0.4 is 16.4 Å². The predicted molar refractivity (Wildman–Crippen MR) is 71.7 cm³/mol. The van der Waals surface area contributed by atoms with Crippen LogP contribution in [0.1, 0.15) is 12.8 Å². The summed E-state index contributed by atoms with van der Waals surface area (Å²) in [7, 11) is 0. The number of amides is 2. The normalized spacial score (nSPS) is 18.1. The van der Waals surface area contributed by atoms with Gasteiger partial charge in [0, 0.05) is 6.61 Å². The smallest absolute Gasteiger partial charge is 0.253 e. The van der Waals surface area contributed by atoms with Crippen molar-refractivity contribution in [1.82, 2.24) is 0 Å². The van der Waals surface area contributed by atoms with Crippen LogP contribution in [0.2, 0.25) is 0 Å². The molecule has 1 saturated heterocycles. The van der Waals surface area contributed by atoms with Gasteiger partial charge in [-0.2, -0.15) is 0 Å². The minimum absolute atomic E-state index is 0.103. The van der Waals surface area contributed by atoms with Gasteiger partial charge >= 0.3 is 0 Å². The lowest BCUT2D eigenvalue weighted by Crippen LogP contribution is -2.28. The average molecular weight is 263 g/mol. The fourth-order valence-electron chi connectivity index (χ4n) is 1.90. The lowest BCUT2D eigenvalue weighted by Gasteiger charge is -2.14. The Morgan fingerprint density at radius 3 is 2.53 bits per heavy atom. The average Bonchev–Trinajstić information content (AvgIpc) is 2.95. The number of carbonyl (C=O) groups excluding carboxylic acids is 2. The van der Waals surface area contributed by atoms with Crippen LogP contribution in [0.25, 0.3) is 0 Å². The molecule has 6 heteroatoms. The second-order valence-electron chi connectivity index (χ2n) is 4.29. The number of carbonyl (C=O) groups is 2. The molecule has 19 heavy (non-hydrogen) atoms. The maximum absolute atomic E-state index is 11.9. The van der Waals surface area contributed by atoms with Crippen LogP contribution in [-0.4, -0.2) is 31.1 Å². The Hall–Kier alpha value is -1.92. The molecule has 2 rings (SSSR count). The predicted octanol–water partition coefficient (Wildman–Crippen LogP) is 0.701. The number of para-hydroxylation sites is 2. The number of nitrogens with two attached hydrogens (primary N) is 1. The summed E-state index contributed by atoms with van der Waals surface area (Å²) < 4.78 is 5.31. The lowest BCUT2D eigenvalue weighted by molar-refractivity contribution is -0.124. The zero-order valence-electron chi connectivity index (χ0n) is 10.5. The number of nitrogens with one attached hydrogen (secondary N) is 2. The summed E-state index contributed by atoms with van der Waals surface area (Å²) in [6.07, 6.45) is 1.21. The highest BCUT2D eigenvalue weighted by atomic mass is 16.5. The molecular weight excluding hydrogens is 246 g/mol. The van der Waals surface area contributed by atoms with E-state index < -0.39 is 6.10 Å². The Morgan fingerprint density at radius 1 is 1.26 bits per heavy atom. The molecule has 0 radical (unpaired) electrons. The van der Waals surface area contributed by atoms with Crippen LogP contribution in [0.15, 0.2) is 24.3 Å². The molecule has 1 aromatic rings. The van der Waals surface area contributed by atoms with E-state index in [9.17, 15) is 9.59 Å². The first-order valence-corrected chi connectivity index (χ1v) is 6.22. The molecule has 0 saturated carbocycles. The molecule has 4 N–H and O–H groups in total. The highest BCUT2D eigenvalue weighted by Crippen LogP contribution is 2.22. The van der Waals surface area contributed by atoms with E-state index in [2.05, 4.69) is 10.6 Å². The van der Waals surface area contributed by atoms with Crippen LogP contribution in [0.3, 0.4) is 0 Å². The molecule has 1 heterocycles. The van der Waals surface area contributed by atoms with Gasteiger partial charge in [0.15, 0.2) is 0 Å². The lowest BCUT2D eigenvalue weighted by atomic mass is 10.2. The van der Waals surface area contributed by atoms with Crippen molar-refractivity contribution in [2.24, 2.45) is 5.73 Å². The number of hydrogen-bond acceptors (Lipinski definition) is 4. The second kappa shape index (κ2) is 6.31. The zero-order valence-corrected chi connectivity index (χ0v) is 10.5. The van der Waals surface area contributed by atoms with Crippen molar-refractivity contribution in [3.8, 4) is 0 Å². The van der Waals surface area contributed by atoms with Crippen LogP contribution in [0.4, 0.5) is 11.4 Å². The van der Waals surface area contributed by atoms with Gasteiger partial charge in [0.05, 0.1) is 17.9 Å². The summed E-state index contributed by atoms with van der Waals surface area (Å²) in [5, 5.41) is 5.40. The van der Waals surface area contributed by atoms with Crippen molar-refractivity contribution in [3.63, 3.8) is 0 Å². The molecule has 6 nitrogen and oxygen atoms in total. The summed E-state index contributed by atoms with van der Waals surface area (Å²) >= 11 is 0. The van der Waals surface area contributed by atoms with Gasteiger partial charge in [-0.1, -0.05) is 12.1 Å². The standard InChI is InChI=1S/C13H17N3O3/c14-8-12(17)15-9-4-1-2-5-10(9)16-13(18)11-6-3-7-19-11/h1-2,4-5,11H,3,6-8,14H2,(H,15,17)(H,16,18). The number of benzene rings is 1. The van der Waals surface area contributed by atoms with Gasteiger partial charge in [0.1, 0.15) is 6.10 Å². The van der Waals surface area contributed by atoms with Crippen molar-refractivity contribution in [2.45, 2.75) is 18.9 Å². The third-order valence-electron chi connectivity index (χ3n) is 2.87. The van der Waals surface area contributed by atoms with Crippen LogP contribution in [-0.2, 0) is 14.3 Å². The number of hydrogen-bond donors (Lipinski definition) is 3. The molecular formula is C13H17N3O3. The van der Waals surface area contributed by atoms with E-state index in [1.807, 2.05) is 0 Å². The first-order chi connectivity index (χ1) is 9.20. The maximum Gasteiger partial charge on any atom is 0.253 e. The maximum atomic E-state index is 11.9. The zero-order chi connectivity index (χ0) is 13.7. The number of ether oxygens (including phenoxy) is 1. The molecule has 1 aromatic carbocycles. The third-order valence-corrected chi connectivity index (χ3v) is 2.87. The van der Waals surface area contributed by atoms with Gasteiger partial charge in [-0.15, -0.1) is 0 Å². The summed E-state index contributed by atoms with van der Waals surface area (Å²) in [5.41, 5.74) is 6.33. The Labute approximate surface area is 111 Å². The minimum Gasteiger partial charge on any atom is -0.368 e.